The van der Waals surface area contributed by atoms with Gasteiger partial charge in [-0.05, 0) is 18.2 Å². The third-order valence-corrected chi connectivity index (χ3v) is 3.65. The van der Waals surface area contributed by atoms with E-state index in [1.807, 2.05) is 36.4 Å². The highest BCUT2D eigenvalue weighted by atomic mass is 15.4. The number of aromatic amines is 1. The molecule has 5 rings (SSSR count). The van der Waals surface area contributed by atoms with Gasteiger partial charge in [-0.25, -0.2) is 19.2 Å². The van der Waals surface area contributed by atoms with Crippen LogP contribution >= 0.6 is 0 Å². The number of hydrogen-bond donors (Lipinski definition) is 1. The van der Waals surface area contributed by atoms with Crippen LogP contribution < -0.4 is 0 Å². The molecule has 23 heavy (non-hydrogen) atoms. The Bertz CT molecular complexity index is 1100. The van der Waals surface area contributed by atoms with E-state index in [4.69, 9.17) is 0 Å². The topological polar surface area (TPSA) is 89.6 Å². The van der Waals surface area contributed by atoms with Crippen LogP contribution in [0.25, 0.3) is 33.9 Å². The summed E-state index contributed by atoms with van der Waals surface area (Å²) in [6.07, 6.45) is 5.07. The zero-order valence-corrected chi connectivity index (χ0v) is 11.8. The molecule has 0 bridgehead atoms. The van der Waals surface area contributed by atoms with Gasteiger partial charge in [-0.1, -0.05) is 18.2 Å². The second-order valence-electron chi connectivity index (χ2n) is 5.05. The lowest BCUT2D eigenvalue weighted by Crippen LogP contribution is -1.98. The zero-order valence-electron chi connectivity index (χ0n) is 11.8. The highest BCUT2D eigenvalue weighted by Gasteiger charge is 2.14. The van der Waals surface area contributed by atoms with Crippen molar-refractivity contribution in [3.05, 3.63) is 55.1 Å². The van der Waals surface area contributed by atoms with Crippen LogP contribution in [0.4, 0.5) is 0 Å². The summed E-state index contributed by atoms with van der Waals surface area (Å²) in [4.78, 5) is 9.05. The minimum Gasteiger partial charge on any atom is -0.275 e. The highest BCUT2D eigenvalue weighted by Crippen LogP contribution is 2.21. The summed E-state index contributed by atoms with van der Waals surface area (Å²) >= 11 is 0. The first kappa shape index (κ1) is 12.0. The summed E-state index contributed by atoms with van der Waals surface area (Å²) in [5, 5.41) is 16.5. The number of aromatic nitrogens is 8. The fraction of sp³-hybridized carbons (Fsp3) is 0. The van der Waals surface area contributed by atoms with Crippen molar-refractivity contribution in [2.75, 3.05) is 0 Å². The highest BCUT2D eigenvalue weighted by molar-refractivity contribution is 5.89. The molecule has 1 N–H and O–H groups in total. The molecule has 110 valence electrons. The number of fused-ring (bicyclic) bond motifs is 3. The van der Waals surface area contributed by atoms with E-state index < -0.39 is 0 Å². The maximum atomic E-state index is 4.58. The van der Waals surface area contributed by atoms with Crippen molar-refractivity contribution in [3.63, 3.8) is 0 Å². The van der Waals surface area contributed by atoms with Crippen LogP contribution in [-0.2, 0) is 0 Å². The smallest absolute Gasteiger partial charge is 0.200 e. The molecule has 5 aromatic rings. The molecule has 0 aliphatic carbocycles. The maximum Gasteiger partial charge on any atom is 0.200 e. The minimum atomic E-state index is 0.573. The van der Waals surface area contributed by atoms with Crippen LogP contribution in [0.2, 0.25) is 0 Å². The molecule has 0 saturated heterocycles. The Morgan fingerprint density at radius 1 is 1.00 bits per heavy atom. The van der Waals surface area contributed by atoms with Crippen molar-refractivity contribution in [2.24, 2.45) is 0 Å². The molecule has 1 aromatic carbocycles. The molecule has 8 nitrogen and oxygen atoms in total. The minimum absolute atomic E-state index is 0.573. The third-order valence-electron chi connectivity index (χ3n) is 3.65. The largest absolute Gasteiger partial charge is 0.275 e. The maximum absolute atomic E-state index is 4.58. The molecule has 4 heterocycles. The second-order valence-corrected chi connectivity index (χ2v) is 5.05. The number of para-hydroxylation sites is 1. The molecule has 0 amide bonds. The molecule has 8 heteroatoms. The molecule has 0 spiro atoms. The average Bonchev–Trinajstić information content (AvgIpc) is 3.32. The molecule has 0 saturated carbocycles. The Kier molecular flexibility index (Phi) is 2.34. The Morgan fingerprint density at radius 3 is 2.74 bits per heavy atom. The molecule has 0 aliphatic heterocycles. The zero-order chi connectivity index (χ0) is 15.2. The van der Waals surface area contributed by atoms with Gasteiger partial charge in [0, 0.05) is 6.20 Å². The summed E-state index contributed by atoms with van der Waals surface area (Å²) in [6.45, 7) is 0. The standard InChI is InChI=1S/C15H10N8/c1-2-4-10(5-3-1)23-14-11(8-18-23)15-19-13(12-6-7-17-20-12)21-22(15)9-16-14/h1-9H,(H,17,20). The van der Waals surface area contributed by atoms with Gasteiger partial charge >= 0.3 is 0 Å². The summed E-state index contributed by atoms with van der Waals surface area (Å²) < 4.78 is 3.44. The normalized spacial score (nSPS) is 11.5. The Hall–Kier alpha value is -3.55. The molecule has 0 unspecified atom stereocenters. The van der Waals surface area contributed by atoms with Crippen LogP contribution in [0.15, 0.2) is 55.1 Å². The van der Waals surface area contributed by atoms with Gasteiger partial charge in [0.25, 0.3) is 0 Å². The number of nitrogens with one attached hydrogen (secondary N) is 1. The predicted molar refractivity (Wildman–Crippen MR) is 83.0 cm³/mol. The summed E-state index contributed by atoms with van der Waals surface area (Å²) in [5.41, 5.74) is 3.17. The molecular weight excluding hydrogens is 292 g/mol. The lowest BCUT2D eigenvalue weighted by molar-refractivity contribution is 0.882. The van der Waals surface area contributed by atoms with Gasteiger partial charge in [-0.3, -0.25) is 5.10 Å². The molecule has 0 atom stereocenters. The average molecular weight is 302 g/mol. The molecule has 0 aliphatic rings. The van der Waals surface area contributed by atoms with Gasteiger partial charge < -0.3 is 0 Å². The quantitative estimate of drug-likeness (QED) is 0.537. The van der Waals surface area contributed by atoms with E-state index in [1.165, 1.54) is 0 Å². The number of H-pyrrole nitrogens is 1. The summed E-state index contributed by atoms with van der Waals surface area (Å²) in [5.74, 6) is 0.573. The first-order valence-electron chi connectivity index (χ1n) is 7.04. The Morgan fingerprint density at radius 2 is 1.91 bits per heavy atom. The van der Waals surface area contributed by atoms with E-state index in [0.717, 1.165) is 22.4 Å². The van der Waals surface area contributed by atoms with E-state index in [-0.39, 0.29) is 0 Å². The lowest BCUT2D eigenvalue weighted by atomic mass is 10.3. The molecule has 4 aromatic heterocycles. The van der Waals surface area contributed by atoms with Gasteiger partial charge in [-0.2, -0.15) is 10.2 Å². The van der Waals surface area contributed by atoms with Crippen molar-refractivity contribution >= 4 is 16.7 Å². The van der Waals surface area contributed by atoms with Crippen LogP contribution in [0, 0.1) is 0 Å². The van der Waals surface area contributed by atoms with Gasteiger partial charge in [0.15, 0.2) is 17.1 Å². The van der Waals surface area contributed by atoms with E-state index in [0.29, 0.717) is 11.5 Å². The summed E-state index contributed by atoms with van der Waals surface area (Å²) in [7, 11) is 0. The van der Waals surface area contributed by atoms with Crippen LogP contribution in [-0.4, -0.2) is 39.6 Å². The second kappa shape index (κ2) is 4.47. The number of hydrogen-bond acceptors (Lipinski definition) is 5. The number of nitrogens with zero attached hydrogens (tertiary/aromatic N) is 7. The SMILES string of the molecule is c1ccc(-n2ncc3c2ncn2nc(-c4ccn[nH]4)nc32)cc1. The van der Waals surface area contributed by atoms with Crippen LogP contribution in [0.3, 0.4) is 0 Å². The van der Waals surface area contributed by atoms with Gasteiger partial charge in [0.1, 0.15) is 12.0 Å². The van der Waals surface area contributed by atoms with E-state index in [1.54, 1.807) is 27.9 Å². The van der Waals surface area contributed by atoms with Crippen molar-refractivity contribution in [1.29, 1.82) is 0 Å². The van der Waals surface area contributed by atoms with E-state index in [9.17, 15) is 0 Å². The fourth-order valence-corrected chi connectivity index (χ4v) is 2.57. The van der Waals surface area contributed by atoms with E-state index in [2.05, 4.69) is 30.4 Å². The van der Waals surface area contributed by atoms with Crippen molar-refractivity contribution in [1.82, 2.24) is 39.6 Å². The predicted octanol–water partition coefficient (Wildman–Crippen LogP) is 1.85. The molecule has 0 radical (unpaired) electrons. The Balaban J connectivity index is 1.76. The number of benzene rings is 1. The monoisotopic (exact) mass is 302 g/mol. The van der Waals surface area contributed by atoms with Crippen LogP contribution in [0.5, 0.6) is 0 Å². The number of rotatable bonds is 2. The van der Waals surface area contributed by atoms with Crippen molar-refractivity contribution in [3.8, 4) is 17.2 Å². The third kappa shape index (κ3) is 1.75. The van der Waals surface area contributed by atoms with Crippen molar-refractivity contribution < 1.29 is 0 Å². The first-order valence-corrected chi connectivity index (χ1v) is 7.04. The van der Waals surface area contributed by atoms with Gasteiger partial charge in [-0.15, -0.1) is 5.10 Å². The lowest BCUT2D eigenvalue weighted by Gasteiger charge is -2.01. The Labute approximate surface area is 129 Å². The summed E-state index contributed by atoms with van der Waals surface area (Å²) in [6, 6.07) is 11.7. The van der Waals surface area contributed by atoms with Crippen LogP contribution in [0.1, 0.15) is 0 Å². The fourth-order valence-electron chi connectivity index (χ4n) is 2.57. The van der Waals surface area contributed by atoms with Crippen molar-refractivity contribution in [2.45, 2.75) is 0 Å². The molecule has 0 fully saturated rings. The van der Waals surface area contributed by atoms with E-state index >= 15 is 0 Å². The van der Waals surface area contributed by atoms with Gasteiger partial charge in [0.2, 0.25) is 0 Å². The first-order chi connectivity index (χ1) is 11.4. The van der Waals surface area contributed by atoms with Gasteiger partial charge in [0.05, 0.1) is 17.3 Å². The molecular formula is C15H10N8.